The molecule has 14 heteroatoms. The molecule has 0 spiro atoms. The van der Waals surface area contributed by atoms with Crippen LogP contribution in [0.3, 0.4) is 0 Å². The lowest BCUT2D eigenvalue weighted by atomic mass is 10.3. The Balaban J connectivity index is 1.53. The lowest BCUT2D eigenvalue weighted by Gasteiger charge is -2.34. The smallest absolute Gasteiger partial charge is 0.358 e. The van der Waals surface area contributed by atoms with Crippen molar-refractivity contribution in [2.24, 2.45) is 0 Å². The van der Waals surface area contributed by atoms with E-state index >= 15 is 0 Å². The van der Waals surface area contributed by atoms with Gasteiger partial charge in [-0.2, -0.15) is 21.6 Å². The first-order valence-electron chi connectivity index (χ1n) is 8.09. The van der Waals surface area contributed by atoms with Crippen LogP contribution in [0.2, 0.25) is 0 Å². The third-order valence-electron chi connectivity index (χ3n) is 3.92. The van der Waals surface area contributed by atoms with Crippen LogP contribution in [0, 0.1) is 0 Å². The molecule has 1 fully saturated rings. The topological polar surface area (TPSA) is 91.8 Å². The fourth-order valence-corrected chi connectivity index (χ4v) is 3.78. The van der Waals surface area contributed by atoms with Gasteiger partial charge in [-0.15, -0.1) is 11.3 Å². The quantitative estimate of drug-likeness (QED) is 0.564. The van der Waals surface area contributed by atoms with Gasteiger partial charge in [-0.05, 0) is 24.3 Å². The maximum atomic E-state index is 12.7. The fraction of sp³-hybridized carbons (Fsp3) is 0.333. The van der Waals surface area contributed by atoms with Crippen LogP contribution < -0.4 is 14.4 Å². The van der Waals surface area contributed by atoms with Gasteiger partial charge >= 0.3 is 22.7 Å². The van der Waals surface area contributed by atoms with E-state index in [0.717, 1.165) is 16.7 Å². The number of amides is 2. The highest BCUT2D eigenvalue weighted by Crippen LogP contribution is 2.33. The molecular formula is C15H14F4N4O4S2. The van der Waals surface area contributed by atoms with E-state index in [1.165, 1.54) is 29.2 Å². The molecule has 29 heavy (non-hydrogen) atoms. The SMILES string of the molecule is O=C(Nc1ccc(OS(=O)(=O)F)cc1)N1CCN(c2nc(C(F)(F)F)cs2)CC1. The first-order chi connectivity index (χ1) is 13.5. The van der Waals surface area contributed by atoms with Gasteiger partial charge in [-0.1, -0.05) is 3.89 Å². The summed E-state index contributed by atoms with van der Waals surface area (Å²) in [5, 5.41) is 3.79. The number of rotatable bonds is 4. The van der Waals surface area contributed by atoms with Crippen LogP contribution in [0.4, 0.5) is 32.7 Å². The van der Waals surface area contributed by atoms with Gasteiger partial charge < -0.3 is 19.3 Å². The molecule has 8 nitrogen and oxygen atoms in total. The summed E-state index contributed by atoms with van der Waals surface area (Å²) in [5.41, 5.74) is -0.610. The van der Waals surface area contributed by atoms with E-state index in [1.807, 2.05) is 0 Å². The van der Waals surface area contributed by atoms with Crippen molar-refractivity contribution in [1.82, 2.24) is 9.88 Å². The van der Waals surface area contributed by atoms with Crippen molar-refractivity contribution in [1.29, 1.82) is 0 Å². The molecule has 3 rings (SSSR count). The second-order valence-corrected chi connectivity index (χ2v) is 7.71. The second kappa shape index (κ2) is 8.02. The largest absolute Gasteiger partial charge is 0.488 e. The molecule has 1 N–H and O–H groups in total. The Hall–Kier alpha value is -2.61. The average Bonchev–Trinajstić information content (AvgIpc) is 3.13. The number of hydrogen-bond donors (Lipinski definition) is 1. The Morgan fingerprint density at radius 3 is 2.28 bits per heavy atom. The van der Waals surface area contributed by atoms with Crippen LogP contribution >= 0.6 is 11.3 Å². The molecule has 158 valence electrons. The Morgan fingerprint density at radius 2 is 1.76 bits per heavy atom. The number of anilines is 2. The number of carbonyl (C=O) groups excluding carboxylic acids is 1. The van der Waals surface area contributed by atoms with Crippen molar-refractivity contribution < 1.29 is 34.5 Å². The Bertz CT molecular complexity index is 971. The van der Waals surface area contributed by atoms with Crippen molar-refractivity contribution in [2.45, 2.75) is 6.18 Å². The van der Waals surface area contributed by atoms with Crippen LogP contribution in [-0.2, 0) is 16.7 Å². The lowest BCUT2D eigenvalue weighted by Crippen LogP contribution is -2.50. The van der Waals surface area contributed by atoms with E-state index in [0.29, 0.717) is 18.8 Å². The Kier molecular flexibility index (Phi) is 5.84. The zero-order valence-electron chi connectivity index (χ0n) is 14.5. The molecule has 1 aliphatic rings. The van der Waals surface area contributed by atoms with E-state index in [4.69, 9.17) is 0 Å². The highest BCUT2D eigenvalue weighted by Gasteiger charge is 2.34. The Morgan fingerprint density at radius 1 is 1.14 bits per heavy atom. The van der Waals surface area contributed by atoms with E-state index in [2.05, 4.69) is 14.5 Å². The first kappa shape index (κ1) is 21.1. The zero-order chi connectivity index (χ0) is 21.2. The monoisotopic (exact) mass is 454 g/mol. The molecule has 0 atom stereocenters. The molecular weight excluding hydrogens is 440 g/mol. The minimum Gasteiger partial charge on any atom is -0.358 e. The van der Waals surface area contributed by atoms with Gasteiger partial charge in [0.05, 0.1) is 0 Å². The van der Waals surface area contributed by atoms with Crippen molar-refractivity contribution >= 4 is 38.7 Å². The van der Waals surface area contributed by atoms with E-state index < -0.39 is 28.4 Å². The summed E-state index contributed by atoms with van der Waals surface area (Å²) in [6, 6.07) is 4.58. The first-order valence-corrected chi connectivity index (χ1v) is 10.3. The summed E-state index contributed by atoms with van der Waals surface area (Å²) in [5.74, 6) is -0.249. The van der Waals surface area contributed by atoms with Gasteiger partial charge in [0.15, 0.2) is 10.8 Å². The number of hydrogen-bond acceptors (Lipinski definition) is 7. The van der Waals surface area contributed by atoms with Gasteiger partial charge in [0.2, 0.25) is 0 Å². The lowest BCUT2D eigenvalue weighted by molar-refractivity contribution is -0.140. The number of alkyl halides is 3. The van der Waals surface area contributed by atoms with Crippen LogP contribution in [0.5, 0.6) is 5.75 Å². The number of aromatic nitrogens is 1. The number of benzene rings is 1. The molecule has 0 aliphatic carbocycles. The molecule has 2 aromatic rings. The normalized spacial score (nSPS) is 15.3. The number of thiazole rings is 1. The minimum atomic E-state index is -5.13. The molecule has 0 radical (unpaired) electrons. The summed E-state index contributed by atoms with van der Waals surface area (Å²) in [7, 11) is -5.13. The summed E-state index contributed by atoms with van der Waals surface area (Å²) >= 11 is 0.895. The van der Waals surface area contributed by atoms with Crippen LogP contribution in [0.15, 0.2) is 29.6 Å². The third kappa shape index (κ3) is 5.69. The molecule has 1 aromatic carbocycles. The number of piperazine rings is 1. The fourth-order valence-electron chi connectivity index (χ4n) is 2.55. The van der Waals surface area contributed by atoms with Crippen molar-refractivity contribution in [3.8, 4) is 5.75 Å². The van der Waals surface area contributed by atoms with Crippen LogP contribution in [0.1, 0.15) is 5.69 Å². The highest BCUT2D eigenvalue weighted by molar-refractivity contribution is 7.81. The summed E-state index contributed by atoms with van der Waals surface area (Å²) in [6.45, 7) is 1.18. The molecule has 0 saturated carbocycles. The number of nitrogens with zero attached hydrogens (tertiary/aromatic N) is 3. The van der Waals surface area contributed by atoms with Gasteiger partial charge in [-0.3, -0.25) is 0 Å². The van der Waals surface area contributed by atoms with Crippen LogP contribution in [-0.4, -0.2) is 50.5 Å². The van der Waals surface area contributed by atoms with Crippen LogP contribution in [0.25, 0.3) is 0 Å². The number of nitrogens with one attached hydrogen (secondary N) is 1. The third-order valence-corrected chi connectivity index (χ3v) is 5.21. The average molecular weight is 454 g/mol. The zero-order valence-corrected chi connectivity index (χ0v) is 16.2. The van der Waals surface area contributed by atoms with E-state index in [1.54, 1.807) is 4.90 Å². The van der Waals surface area contributed by atoms with Gasteiger partial charge in [-0.25, -0.2) is 9.78 Å². The molecule has 0 unspecified atom stereocenters. The summed E-state index contributed by atoms with van der Waals surface area (Å²) in [4.78, 5) is 19.1. The highest BCUT2D eigenvalue weighted by atomic mass is 32.3. The van der Waals surface area contributed by atoms with Crippen molar-refractivity contribution in [2.75, 3.05) is 36.4 Å². The van der Waals surface area contributed by atoms with Crippen molar-refractivity contribution in [3.63, 3.8) is 0 Å². The maximum Gasteiger partial charge on any atom is 0.488 e. The van der Waals surface area contributed by atoms with Gasteiger partial charge in [0.25, 0.3) is 0 Å². The number of urea groups is 1. The molecule has 2 amide bonds. The molecule has 1 aromatic heterocycles. The van der Waals surface area contributed by atoms with Crippen molar-refractivity contribution in [3.05, 3.63) is 35.3 Å². The number of halogens is 4. The summed E-state index contributed by atoms with van der Waals surface area (Å²) in [6.07, 6.45) is -4.49. The molecule has 1 saturated heterocycles. The standard InChI is InChI=1S/C15H14F4N4O4S2/c16-15(17,18)12-9-28-14(21-12)23-7-5-22(6-8-23)13(24)20-10-1-3-11(4-2-10)27-29(19,25)26/h1-4,9H,5-8H2,(H,20,24). The second-order valence-electron chi connectivity index (χ2n) is 5.92. The molecule has 1 aliphatic heterocycles. The van der Waals surface area contributed by atoms with E-state index in [9.17, 15) is 30.3 Å². The van der Waals surface area contributed by atoms with Gasteiger partial charge in [0, 0.05) is 37.2 Å². The Labute approximate surface area is 167 Å². The van der Waals surface area contributed by atoms with Gasteiger partial charge in [0.1, 0.15) is 5.75 Å². The summed E-state index contributed by atoms with van der Waals surface area (Å²) < 4.78 is 75.3. The minimum absolute atomic E-state index is 0.246. The molecule has 2 heterocycles. The maximum absolute atomic E-state index is 12.7. The molecule has 0 bridgehead atoms. The predicted molar refractivity (Wildman–Crippen MR) is 97.0 cm³/mol. The number of carbonyl (C=O) groups is 1. The predicted octanol–water partition coefficient (Wildman–Crippen LogP) is 3.11. The van der Waals surface area contributed by atoms with E-state index in [-0.39, 0.29) is 24.0 Å².